The summed E-state index contributed by atoms with van der Waals surface area (Å²) >= 11 is 0. The molecule has 2 aromatic carbocycles. The van der Waals surface area contributed by atoms with Gasteiger partial charge in [0.1, 0.15) is 22.8 Å². The van der Waals surface area contributed by atoms with Crippen LogP contribution >= 0.6 is 0 Å². The molecule has 0 unspecified atom stereocenters. The number of aryl methyl sites for hydroxylation is 2. The predicted molar refractivity (Wildman–Crippen MR) is 164 cm³/mol. The molecule has 0 radical (unpaired) electrons. The maximum atomic E-state index is 12.4. The van der Waals surface area contributed by atoms with Crippen LogP contribution in [0.3, 0.4) is 0 Å². The van der Waals surface area contributed by atoms with E-state index in [1.54, 1.807) is 13.2 Å². The number of hydrogen-bond acceptors (Lipinski definition) is 4. The second kappa shape index (κ2) is 14.8. The molecule has 0 aliphatic carbocycles. The zero-order chi connectivity index (χ0) is 29.1. The van der Waals surface area contributed by atoms with Gasteiger partial charge in [0.2, 0.25) is 5.91 Å². The monoisotopic (exact) mass is 545 g/mol. The summed E-state index contributed by atoms with van der Waals surface area (Å²) in [7, 11) is 1.64. The number of nitrogens with one attached hydrogen (secondary N) is 1. The first-order valence-electron chi connectivity index (χ1n) is 14.5. The zero-order valence-corrected chi connectivity index (χ0v) is 25.2. The predicted octanol–water partition coefficient (Wildman–Crippen LogP) is 8.29. The molecule has 40 heavy (non-hydrogen) atoms. The summed E-state index contributed by atoms with van der Waals surface area (Å²) in [5.41, 5.74) is 6.49. The number of rotatable bonds is 13. The van der Waals surface area contributed by atoms with Crippen molar-refractivity contribution >= 4 is 5.91 Å². The van der Waals surface area contributed by atoms with E-state index >= 15 is 0 Å². The quantitative estimate of drug-likeness (QED) is 0.196. The first kappa shape index (κ1) is 31.1. The van der Waals surface area contributed by atoms with E-state index < -0.39 is 0 Å². The molecule has 0 spiro atoms. The summed E-state index contributed by atoms with van der Waals surface area (Å²) in [6, 6.07) is 11.3. The molecule has 3 rings (SSSR count). The molecule has 0 saturated heterocycles. The second-order valence-electron chi connectivity index (χ2n) is 11.4. The summed E-state index contributed by atoms with van der Waals surface area (Å²) in [5, 5.41) is 12.9. The minimum absolute atomic E-state index is 0.0312. The summed E-state index contributed by atoms with van der Waals surface area (Å²) in [4.78, 5) is 12.4. The third-order valence-electron chi connectivity index (χ3n) is 7.74. The van der Waals surface area contributed by atoms with Gasteiger partial charge in [-0.3, -0.25) is 4.79 Å². The number of methoxy groups -OCH3 is 1. The lowest BCUT2D eigenvalue weighted by Gasteiger charge is -2.36. The number of benzene rings is 2. The Balaban J connectivity index is 1.35. The van der Waals surface area contributed by atoms with Gasteiger partial charge in [0, 0.05) is 12.1 Å². The van der Waals surface area contributed by atoms with Crippen LogP contribution in [0.1, 0.15) is 89.3 Å². The highest BCUT2D eigenvalue weighted by molar-refractivity contribution is 5.92. The molecule has 2 N–H and O–H groups in total. The Morgan fingerprint density at radius 2 is 1.75 bits per heavy atom. The van der Waals surface area contributed by atoms with Crippen molar-refractivity contribution in [2.45, 2.75) is 98.1 Å². The van der Waals surface area contributed by atoms with E-state index in [1.807, 2.05) is 50.3 Å². The van der Waals surface area contributed by atoms with Crippen LogP contribution in [0.25, 0.3) is 0 Å². The summed E-state index contributed by atoms with van der Waals surface area (Å²) in [6.45, 7) is 11.0. The van der Waals surface area contributed by atoms with Crippen molar-refractivity contribution in [1.82, 2.24) is 5.32 Å². The maximum Gasteiger partial charge on any atom is 0.246 e. The van der Waals surface area contributed by atoms with Gasteiger partial charge in [0.15, 0.2) is 0 Å². The number of phenolic OH excluding ortho intramolecular Hbond substituents is 1. The topological polar surface area (TPSA) is 67.8 Å². The van der Waals surface area contributed by atoms with Gasteiger partial charge in [0.05, 0.1) is 7.11 Å². The molecular formula is C35H47NO4. The van der Waals surface area contributed by atoms with Gasteiger partial charge in [-0.1, -0.05) is 41.5 Å². The average Bonchev–Trinajstić information content (AvgIpc) is 2.92. The molecule has 1 atom stereocenters. The number of phenols is 1. The van der Waals surface area contributed by atoms with E-state index in [0.29, 0.717) is 12.3 Å². The molecule has 0 saturated carbocycles. The van der Waals surface area contributed by atoms with E-state index in [9.17, 15) is 9.90 Å². The largest absolute Gasteiger partial charge is 0.508 e. The Kier molecular flexibility index (Phi) is 11.5. The Labute approximate surface area is 241 Å². The van der Waals surface area contributed by atoms with Crippen LogP contribution in [-0.4, -0.2) is 23.7 Å². The minimum atomic E-state index is -0.167. The lowest BCUT2D eigenvalue weighted by Crippen LogP contribution is -2.36. The fourth-order valence-corrected chi connectivity index (χ4v) is 5.12. The number of ether oxygens (including phenoxy) is 2. The second-order valence-corrected chi connectivity index (χ2v) is 11.4. The van der Waals surface area contributed by atoms with Crippen molar-refractivity contribution in [3.8, 4) is 17.2 Å². The molecule has 0 aromatic heterocycles. The molecule has 5 nitrogen and oxygen atoms in total. The maximum absolute atomic E-state index is 12.4. The van der Waals surface area contributed by atoms with Gasteiger partial charge < -0.3 is 19.9 Å². The Hall–Kier alpha value is -3.47. The molecule has 216 valence electrons. The molecule has 5 heteroatoms. The fourth-order valence-electron chi connectivity index (χ4n) is 5.12. The van der Waals surface area contributed by atoms with Crippen LogP contribution in [0.4, 0.5) is 0 Å². The van der Waals surface area contributed by atoms with E-state index in [4.69, 9.17) is 9.47 Å². The minimum Gasteiger partial charge on any atom is -0.508 e. The number of hydrogen-bond donors (Lipinski definition) is 2. The Bertz CT molecular complexity index is 1260. The van der Waals surface area contributed by atoms with Crippen molar-refractivity contribution in [2.75, 3.05) is 7.11 Å². The van der Waals surface area contributed by atoms with Gasteiger partial charge in [-0.15, -0.1) is 0 Å². The van der Waals surface area contributed by atoms with Crippen molar-refractivity contribution in [3.63, 3.8) is 0 Å². The Morgan fingerprint density at radius 3 is 2.48 bits per heavy atom. The van der Waals surface area contributed by atoms with Crippen LogP contribution in [0.15, 0.2) is 71.3 Å². The van der Waals surface area contributed by atoms with Crippen LogP contribution in [0.5, 0.6) is 17.2 Å². The molecule has 1 amide bonds. The number of fused-ring (bicyclic) bond motifs is 1. The van der Waals surface area contributed by atoms with Crippen molar-refractivity contribution in [2.24, 2.45) is 0 Å². The van der Waals surface area contributed by atoms with E-state index in [1.165, 1.54) is 11.1 Å². The molecule has 1 heterocycles. The van der Waals surface area contributed by atoms with Crippen molar-refractivity contribution in [3.05, 3.63) is 88.0 Å². The molecule has 1 aliphatic heterocycles. The van der Waals surface area contributed by atoms with Crippen LogP contribution in [-0.2, 0) is 17.8 Å². The SMILES string of the molecule is COc1cccc(CNC(=O)/C(C)=C/CC/C(C)=C/CC/C(C)=C/CC[C@]2(C)CCc3cc(O)cc(C)c3O2)c1. The normalized spacial score (nSPS) is 17.7. The Morgan fingerprint density at radius 1 is 1.05 bits per heavy atom. The highest BCUT2D eigenvalue weighted by atomic mass is 16.5. The van der Waals surface area contributed by atoms with Gasteiger partial charge in [-0.05, 0) is 127 Å². The fraction of sp³-hybridized carbons (Fsp3) is 0.457. The van der Waals surface area contributed by atoms with Crippen molar-refractivity contribution < 1.29 is 19.4 Å². The highest BCUT2D eigenvalue weighted by Gasteiger charge is 2.32. The summed E-state index contributed by atoms with van der Waals surface area (Å²) in [6.07, 6.45) is 14.5. The first-order chi connectivity index (χ1) is 19.1. The van der Waals surface area contributed by atoms with Crippen LogP contribution in [0.2, 0.25) is 0 Å². The van der Waals surface area contributed by atoms with E-state index in [-0.39, 0.29) is 11.5 Å². The van der Waals surface area contributed by atoms with Gasteiger partial charge in [0.25, 0.3) is 0 Å². The van der Waals surface area contributed by atoms with Gasteiger partial charge in [-0.25, -0.2) is 0 Å². The average molecular weight is 546 g/mol. The molecule has 2 aromatic rings. The molecular weight excluding hydrogens is 498 g/mol. The first-order valence-corrected chi connectivity index (χ1v) is 14.5. The van der Waals surface area contributed by atoms with Crippen LogP contribution < -0.4 is 14.8 Å². The highest BCUT2D eigenvalue weighted by Crippen LogP contribution is 2.39. The number of aromatic hydroxyl groups is 1. The third kappa shape index (κ3) is 9.62. The van der Waals surface area contributed by atoms with Crippen LogP contribution in [0, 0.1) is 6.92 Å². The standard InChI is InChI=1S/C35H47NO4/c1-25(13-8-15-27(3)34(38)36-24-29-16-9-17-32(22-29)39-6)11-7-12-26(2)14-10-19-35(5)20-18-30-23-31(37)21-28(4)33(30)40-35/h9,11,14-17,21-23,37H,7-8,10,12-13,18-20,24H2,1-6H3,(H,36,38)/b25-11+,26-14+,27-15+/t35-/m1/s1. The molecule has 1 aliphatic rings. The molecule has 0 bridgehead atoms. The zero-order valence-electron chi connectivity index (χ0n) is 25.2. The smallest absolute Gasteiger partial charge is 0.246 e. The van der Waals surface area contributed by atoms with E-state index in [0.717, 1.165) is 85.1 Å². The van der Waals surface area contributed by atoms with Gasteiger partial charge in [-0.2, -0.15) is 0 Å². The number of carbonyl (C=O) groups is 1. The lowest BCUT2D eigenvalue weighted by molar-refractivity contribution is -0.117. The number of allylic oxidation sites excluding steroid dienone is 5. The number of amides is 1. The third-order valence-corrected chi connectivity index (χ3v) is 7.74. The molecule has 0 fully saturated rings. The summed E-state index contributed by atoms with van der Waals surface area (Å²) in [5.74, 6) is 2.03. The number of carbonyl (C=O) groups excluding carboxylic acids is 1. The van der Waals surface area contributed by atoms with Crippen molar-refractivity contribution in [1.29, 1.82) is 0 Å². The lowest BCUT2D eigenvalue weighted by atomic mass is 9.87. The summed E-state index contributed by atoms with van der Waals surface area (Å²) < 4.78 is 11.7. The van der Waals surface area contributed by atoms with E-state index in [2.05, 4.69) is 38.2 Å². The van der Waals surface area contributed by atoms with Gasteiger partial charge >= 0.3 is 0 Å².